The molecule has 82 valence electrons. The van der Waals surface area contributed by atoms with Crippen molar-refractivity contribution in [1.82, 2.24) is 0 Å². The van der Waals surface area contributed by atoms with Crippen LogP contribution in [0.5, 0.6) is 0 Å². The lowest BCUT2D eigenvalue weighted by Crippen LogP contribution is -2.12. The van der Waals surface area contributed by atoms with Crippen molar-refractivity contribution >= 4 is 12.0 Å². The number of hydrogen-bond donors (Lipinski definition) is 1. The minimum absolute atomic E-state index is 0.144. The minimum atomic E-state index is 0.144. The Morgan fingerprint density at radius 1 is 1.33 bits per heavy atom. The largest absolute Gasteiger partial charge is 0.388 e. The standard InChI is InChI=1S/C13H19NO/c1-13(2,3)11-6-5-10(7-8-15)12(9-11)14-4/h5-6,8-9,14H,7H2,1-4H3. The summed E-state index contributed by atoms with van der Waals surface area (Å²) < 4.78 is 0. The molecule has 0 aliphatic carbocycles. The first-order valence-corrected chi connectivity index (χ1v) is 5.24. The smallest absolute Gasteiger partial charge is 0.124 e. The van der Waals surface area contributed by atoms with Crippen LogP contribution in [0.25, 0.3) is 0 Å². The molecule has 0 unspecified atom stereocenters. The zero-order chi connectivity index (χ0) is 11.5. The van der Waals surface area contributed by atoms with Gasteiger partial charge in [-0.25, -0.2) is 0 Å². The number of carbonyl (C=O) groups excluding carboxylic acids is 1. The van der Waals surface area contributed by atoms with E-state index in [0.29, 0.717) is 6.42 Å². The second-order valence-electron chi connectivity index (χ2n) is 4.74. The molecule has 0 aromatic heterocycles. The van der Waals surface area contributed by atoms with E-state index < -0.39 is 0 Å². The third-order valence-corrected chi connectivity index (χ3v) is 2.55. The number of hydrogen-bond acceptors (Lipinski definition) is 2. The predicted molar refractivity (Wildman–Crippen MR) is 64.5 cm³/mol. The molecule has 0 saturated carbocycles. The highest BCUT2D eigenvalue weighted by Crippen LogP contribution is 2.27. The maximum absolute atomic E-state index is 10.5. The molecule has 15 heavy (non-hydrogen) atoms. The van der Waals surface area contributed by atoms with Crippen molar-refractivity contribution in [3.8, 4) is 0 Å². The van der Waals surface area contributed by atoms with Crippen molar-refractivity contribution in [2.45, 2.75) is 32.6 Å². The van der Waals surface area contributed by atoms with E-state index in [1.165, 1.54) is 5.56 Å². The van der Waals surface area contributed by atoms with Crippen LogP contribution in [0.15, 0.2) is 18.2 Å². The van der Waals surface area contributed by atoms with Crippen LogP contribution in [0.2, 0.25) is 0 Å². The fourth-order valence-electron chi connectivity index (χ4n) is 1.54. The van der Waals surface area contributed by atoms with E-state index in [1.54, 1.807) is 0 Å². The molecule has 0 saturated heterocycles. The molecule has 0 amide bonds. The first-order chi connectivity index (χ1) is 6.99. The highest BCUT2D eigenvalue weighted by atomic mass is 16.1. The summed E-state index contributed by atoms with van der Waals surface area (Å²) in [5.41, 5.74) is 3.53. The van der Waals surface area contributed by atoms with Crippen LogP contribution < -0.4 is 5.32 Å². The van der Waals surface area contributed by atoms with E-state index in [1.807, 2.05) is 13.1 Å². The number of aldehydes is 1. The monoisotopic (exact) mass is 205 g/mol. The van der Waals surface area contributed by atoms with Crippen molar-refractivity contribution in [3.05, 3.63) is 29.3 Å². The van der Waals surface area contributed by atoms with Gasteiger partial charge in [-0.3, -0.25) is 0 Å². The van der Waals surface area contributed by atoms with Gasteiger partial charge >= 0.3 is 0 Å². The Balaban J connectivity index is 3.13. The molecule has 0 aliphatic heterocycles. The average molecular weight is 205 g/mol. The van der Waals surface area contributed by atoms with E-state index in [2.05, 4.69) is 38.2 Å². The Labute approximate surface area is 91.7 Å². The molecule has 2 heteroatoms. The van der Waals surface area contributed by atoms with Crippen LogP contribution in [0.1, 0.15) is 31.9 Å². The van der Waals surface area contributed by atoms with Crippen molar-refractivity contribution in [3.63, 3.8) is 0 Å². The highest BCUT2D eigenvalue weighted by Gasteiger charge is 2.14. The van der Waals surface area contributed by atoms with Crippen LogP contribution in [0, 0.1) is 0 Å². The van der Waals surface area contributed by atoms with Crippen molar-refractivity contribution < 1.29 is 4.79 Å². The second kappa shape index (κ2) is 4.47. The van der Waals surface area contributed by atoms with E-state index in [-0.39, 0.29) is 5.41 Å². The second-order valence-corrected chi connectivity index (χ2v) is 4.74. The lowest BCUT2D eigenvalue weighted by Gasteiger charge is -2.21. The SMILES string of the molecule is CNc1cc(C(C)(C)C)ccc1CC=O. The Kier molecular flexibility index (Phi) is 3.51. The van der Waals surface area contributed by atoms with Crippen molar-refractivity contribution in [2.24, 2.45) is 0 Å². The quantitative estimate of drug-likeness (QED) is 0.769. The molecule has 1 N–H and O–H groups in total. The summed E-state index contributed by atoms with van der Waals surface area (Å²) in [7, 11) is 1.88. The average Bonchev–Trinajstić information content (AvgIpc) is 2.17. The molecule has 1 aromatic carbocycles. The maximum atomic E-state index is 10.5. The molecule has 2 nitrogen and oxygen atoms in total. The molecule has 0 radical (unpaired) electrons. The molecular formula is C13H19NO. The van der Waals surface area contributed by atoms with Gasteiger partial charge in [0, 0.05) is 19.2 Å². The number of rotatable bonds is 3. The minimum Gasteiger partial charge on any atom is -0.388 e. The molecular weight excluding hydrogens is 186 g/mol. The van der Waals surface area contributed by atoms with E-state index >= 15 is 0 Å². The number of nitrogens with one attached hydrogen (secondary N) is 1. The topological polar surface area (TPSA) is 29.1 Å². The molecule has 0 spiro atoms. The summed E-state index contributed by atoms with van der Waals surface area (Å²) in [6, 6.07) is 6.25. The lowest BCUT2D eigenvalue weighted by molar-refractivity contribution is -0.107. The third-order valence-electron chi connectivity index (χ3n) is 2.55. The Bertz CT molecular complexity index is 350. The van der Waals surface area contributed by atoms with E-state index in [4.69, 9.17) is 0 Å². The first-order valence-electron chi connectivity index (χ1n) is 5.24. The van der Waals surface area contributed by atoms with Crippen LogP contribution in [-0.4, -0.2) is 13.3 Å². The zero-order valence-corrected chi connectivity index (χ0v) is 9.92. The van der Waals surface area contributed by atoms with Gasteiger partial charge in [0.25, 0.3) is 0 Å². The molecule has 1 aromatic rings. The summed E-state index contributed by atoms with van der Waals surface area (Å²) >= 11 is 0. The fraction of sp³-hybridized carbons (Fsp3) is 0.462. The van der Waals surface area contributed by atoms with Crippen molar-refractivity contribution in [1.29, 1.82) is 0 Å². The maximum Gasteiger partial charge on any atom is 0.124 e. The molecule has 0 fully saturated rings. The van der Waals surface area contributed by atoms with Crippen molar-refractivity contribution in [2.75, 3.05) is 12.4 Å². The molecule has 0 bridgehead atoms. The van der Waals surface area contributed by atoms with Gasteiger partial charge in [0.05, 0.1) is 0 Å². The number of anilines is 1. The predicted octanol–water partition coefficient (Wildman–Crippen LogP) is 2.77. The number of carbonyl (C=O) groups is 1. The van der Waals surface area contributed by atoms with Gasteiger partial charge < -0.3 is 10.1 Å². The zero-order valence-electron chi connectivity index (χ0n) is 9.92. The molecule has 0 atom stereocenters. The van der Waals surface area contributed by atoms with Gasteiger partial charge in [0.2, 0.25) is 0 Å². The van der Waals surface area contributed by atoms with Gasteiger partial charge in [0.15, 0.2) is 0 Å². The van der Waals surface area contributed by atoms with Crippen LogP contribution in [-0.2, 0) is 16.6 Å². The van der Waals surface area contributed by atoms with E-state index in [0.717, 1.165) is 17.5 Å². The van der Waals surface area contributed by atoms with Crippen LogP contribution in [0.3, 0.4) is 0 Å². The van der Waals surface area contributed by atoms with Crippen LogP contribution >= 0.6 is 0 Å². The summed E-state index contributed by atoms with van der Waals surface area (Å²) in [5.74, 6) is 0. The van der Waals surface area contributed by atoms with Gasteiger partial charge in [0.1, 0.15) is 6.29 Å². The fourth-order valence-corrected chi connectivity index (χ4v) is 1.54. The normalized spacial score (nSPS) is 11.2. The lowest BCUT2D eigenvalue weighted by atomic mass is 9.86. The van der Waals surface area contributed by atoms with Gasteiger partial charge in [-0.1, -0.05) is 32.9 Å². The van der Waals surface area contributed by atoms with Gasteiger partial charge in [-0.15, -0.1) is 0 Å². The highest BCUT2D eigenvalue weighted by molar-refractivity contribution is 5.63. The summed E-state index contributed by atoms with van der Waals surface area (Å²) in [4.78, 5) is 10.5. The summed E-state index contributed by atoms with van der Waals surface area (Å²) in [6.07, 6.45) is 1.41. The van der Waals surface area contributed by atoms with Gasteiger partial charge in [-0.2, -0.15) is 0 Å². The molecule has 0 heterocycles. The Morgan fingerprint density at radius 3 is 2.47 bits per heavy atom. The number of benzene rings is 1. The summed E-state index contributed by atoms with van der Waals surface area (Å²) in [6.45, 7) is 6.55. The van der Waals surface area contributed by atoms with Crippen LogP contribution in [0.4, 0.5) is 5.69 Å². The molecule has 0 aliphatic rings. The molecule has 1 rings (SSSR count). The van der Waals surface area contributed by atoms with E-state index in [9.17, 15) is 4.79 Å². The first kappa shape index (κ1) is 11.8. The summed E-state index contributed by atoms with van der Waals surface area (Å²) in [5, 5.41) is 3.13. The Hall–Kier alpha value is -1.31. The Morgan fingerprint density at radius 2 is 2.00 bits per heavy atom. The van der Waals surface area contributed by atoms with Gasteiger partial charge in [-0.05, 0) is 22.6 Å². The third kappa shape index (κ3) is 2.82.